The second kappa shape index (κ2) is 8.02. The van der Waals surface area contributed by atoms with E-state index in [2.05, 4.69) is 0 Å². The average Bonchev–Trinajstić information content (AvgIpc) is 2.93. The molecule has 4 nitrogen and oxygen atoms in total. The van der Waals surface area contributed by atoms with E-state index < -0.39 is 0 Å². The van der Waals surface area contributed by atoms with Crippen molar-refractivity contribution in [3.05, 3.63) is 60.2 Å². The summed E-state index contributed by atoms with van der Waals surface area (Å²) in [4.78, 5) is 11.3. The number of benzene rings is 1. The van der Waals surface area contributed by atoms with E-state index in [1.54, 1.807) is 25.1 Å². The number of esters is 1. The zero-order valence-electron chi connectivity index (χ0n) is 12.4. The number of aromatic nitrogens is 1. The van der Waals surface area contributed by atoms with Gasteiger partial charge in [-0.1, -0.05) is 6.07 Å². The number of rotatable bonds is 7. The van der Waals surface area contributed by atoms with E-state index >= 15 is 0 Å². The molecule has 0 spiro atoms. The fraction of sp³-hybridized carbons (Fsp3) is 0.235. The van der Waals surface area contributed by atoms with Gasteiger partial charge in [-0.2, -0.15) is 0 Å². The Morgan fingerprint density at radius 3 is 2.95 bits per heavy atom. The van der Waals surface area contributed by atoms with Gasteiger partial charge in [0.25, 0.3) is 0 Å². The normalized spacial score (nSPS) is 10.8. The Kier molecular flexibility index (Phi) is 5.77. The molecule has 0 radical (unpaired) electrons. The van der Waals surface area contributed by atoms with Crippen LogP contribution in [0.4, 0.5) is 4.39 Å². The van der Waals surface area contributed by atoms with Crippen molar-refractivity contribution in [1.29, 1.82) is 0 Å². The molecule has 2 aromatic rings. The number of nitrogens with zero attached hydrogens (tertiary/aromatic N) is 1. The molecule has 0 fully saturated rings. The number of carbonyl (C=O) groups excluding carboxylic acids is 1. The topological polar surface area (TPSA) is 40.5 Å². The molecule has 1 heterocycles. The molecule has 0 aliphatic carbocycles. The van der Waals surface area contributed by atoms with Crippen molar-refractivity contribution in [1.82, 2.24) is 4.57 Å². The van der Waals surface area contributed by atoms with E-state index in [4.69, 9.17) is 9.47 Å². The molecule has 0 aliphatic rings. The first-order chi connectivity index (χ1) is 10.7. The molecule has 0 N–H and O–H groups in total. The molecule has 22 heavy (non-hydrogen) atoms. The van der Waals surface area contributed by atoms with Gasteiger partial charge in [0.1, 0.15) is 18.2 Å². The minimum absolute atomic E-state index is 0.323. The van der Waals surface area contributed by atoms with E-state index in [1.807, 2.05) is 22.9 Å². The summed E-state index contributed by atoms with van der Waals surface area (Å²) in [5, 5.41) is 0. The third-order valence-electron chi connectivity index (χ3n) is 2.94. The number of hydrogen-bond donors (Lipinski definition) is 0. The molecule has 0 saturated carbocycles. The lowest BCUT2D eigenvalue weighted by molar-refractivity contribution is -0.137. The predicted octanol–water partition coefficient (Wildman–Crippen LogP) is 3.28. The quantitative estimate of drug-likeness (QED) is 0.582. The molecule has 2 rings (SSSR count). The first-order valence-electron chi connectivity index (χ1n) is 7.07. The largest absolute Gasteiger partial charge is 0.492 e. The highest BCUT2D eigenvalue weighted by atomic mass is 19.1. The fourth-order valence-electron chi connectivity index (χ4n) is 1.94. The van der Waals surface area contributed by atoms with Crippen LogP contribution in [0.5, 0.6) is 5.75 Å². The molecule has 0 amide bonds. The van der Waals surface area contributed by atoms with Crippen molar-refractivity contribution in [2.75, 3.05) is 13.2 Å². The maximum atomic E-state index is 13.0. The summed E-state index contributed by atoms with van der Waals surface area (Å²) in [6.07, 6.45) is 4.97. The second-order valence-corrected chi connectivity index (χ2v) is 4.52. The molecule has 0 bridgehead atoms. The van der Waals surface area contributed by atoms with E-state index in [9.17, 15) is 9.18 Å². The van der Waals surface area contributed by atoms with Gasteiger partial charge in [0.15, 0.2) is 0 Å². The Labute approximate surface area is 128 Å². The Bertz CT molecular complexity index is 649. The van der Waals surface area contributed by atoms with Crippen molar-refractivity contribution in [3.63, 3.8) is 0 Å². The molecule has 5 heteroatoms. The number of ether oxygens (including phenoxy) is 2. The van der Waals surface area contributed by atoms with Crippen molar-refractivity contribution >= 4 is 12.0 Å². The minimum atomic E-state index is -0.369. The van der Waals surface area contributed by atoms with Crippen molar-refractivity contribution in [2.24, 2.45) is 0 Å². The summed E-state index contributed by atoms with van der Waals surface area (Å²) in [5.74, 6) is -0.196. The molecule has 0 aliphatic heterocycles. The molecule has 1 aromatic carbocycles. The van der Waals surface area contributed by atoms with E-state index in [0.29, 0.717) is 25.5 Å². The third-order valence-corrected chi connectivity index (χ3v) is 2.94. The number of carbonyl (C=O) groups is 1. The van der Waals surface area contributed by atoms with Gasteiger partial charge in [-0.25, -0.2) is 9.18 Å². The zero-order valence-corrected chi connectivity index (χ0v) is 12.4. The number of halogens is 1. The Morgan fingerprint density at radius 2 is 2.18 bits per heavy atom. The van der Waals surface area contributed by atoms with Gasteiger partial charge in [-0.3, -0.25) is 0 Å². The molecular weight excluding hydrogens is 285 g/mol. The van der Waals surface area contributed by atoms with Crippen molar-refractivity contribution < 1.29 is 18.7 Å². The highest BCUT2D eigenvalue weighted by Crippen LogP contribution is 2.12. The Balaban J connectivity index is 1.88. The lowest BCUT2D eigenvalue weighted by Gasteiger charge is -2.09. The average molecular weight is 303 g/mol. The fourth-order valence-corrected chi connectivity index (χ4v) is 1.94. The molecule has 1 aromatic heterocycles. The predicted molar refractivity (Wildman–Crippen MR) is 82.0 cm³/mol. The van der Waals surface area contributed by atoms with Gasteiger partial charge in [0.05, 0.1) is 13.2 Å². The second-order valence-electron chi connectivity index (χ2n) is 4.52. The van der Waals surface area contributed by atoms with Crippen LogP contribution in [-0.4, -0.2) is 23.8 Å². The smallest absolute Gasteiger partial charge is 0.330 e. The van der Waals surface area contributed by atoms with E-state index in [1.165, 1.54) is 18.2 Å². The van der Waals surface area contributed by atoms with E-state index in [0.717, 1.165) is 5.69 Å². The highest BCUT2D eigenvalue weighted by molar-refractivity contribution is 5.86. The highest BCUT2D eigenvalue weighted by Gasteiger charge is 2.01. The standard InChI is InChI=1S/C17H18FNO3/c1-2-21-17(20)9-8-15-6-4-10-19(15)11-12-22-16-7-3-5-14(18)13-16/h3-10,13H,2,11-12H2,1H3. The van der Waals surface area contributed by atoms with Crippen LogP contribution in [0.3, 0.4) is 0 Å². The van der Waals surface area contributed by atoms with Crippen LogP contribution in [0, 0.1) is 5.82 Å². The van der Waals surface area contributed by atoms with Crippen LogP contribution in [0.25, 0.3) is 6.08 Å². The van der Waals surface area contributed by atoms with Crippen molar-refractivity contribution in [3.8, 4) is 5.75 Å². The molecule has 0 atom stereocenters. The maximum Gasteiger partial charge on any atom is 0.330 e. The first-order valence-corrected chi connectivity index (χ1v) is 7.07. The Morgan fingerprint density at radius 1 is 1.32 bits per heavy atom. The summed E-state index contributed by atoms with van der Waals surface area (Å²) in [6.45, 7) is 3.11. The SMILES string of the molecule is CCOC(=O)C=Cc1cccn1CCOc1cccc(F)c1. The van der Waals surface area contributed by atoms with Gasteiger partial charge in [0.2, 0.25) is 0 Å². The maximum absolute atomic E-state index is 13.0. The first kappa shape index (κ1) is 15.8. The zero-order chi connectivity index (χ0) is 15.8. The monoisotopic (exact) mass is 303 g/mol. The van der Waals surface area contributed by atoms with Gasteiger partial charge in [-0.05, 0) is 37.3 Å². The van der Waals surface area contributed by atoms with Crippen LogP contribution >= 0.6 is 0 Å². The summed E-state index contributed by atoms with van der Waals surface area (Å²) in [7, 11) is 0. The van der Waals surface area contributed by atoms with E-state index in [-0.39, 0.29) is 11.8 Å². The van der Waals surface area contributed by atoms with Gasteiger partial charge < -0.3 is 14.0 Å². The molecule has 116 valence electrons. The molecule has 0 unspecified atom stereocenters. The van der Waals surface area contributed by atoms with Crippen molar-refractivity contribution in [2.45, 2.75) is 13.5 Å². The Hall–Kier alpha value is -2.56. The summed E-state index contributed by atoms with van der Waals surface area (Å²) in [5.41, 5.74) is 0.871. The van der Waals surface area contributed by atoms with Crippen LogP contribution in [-0.2, 0) is 16.1 Å². The van der Waals surface area contributed by atoms with Crippen LogP contribution < -0.4 is 4.74 Å². The number of hydrogen-bond acceptors (Lipinski definition) is 3. The van der Waals surface area contributed by atoms with Gasteiger partial charge in [-0.15, -0.1) is 0 Å². The minimum Gasteiger partial charge on any atom is -0.492 e. The summed E-state index contributed by atoms with van der Waals surface area (Å²) >= 11 is 0. The molecular formula is C17H18FNO3. The molecule has 0 saturated heterocycles. The van der Waals surface area contributed by atoms with Crippen LogP contribution in [0.2, 0.25) is 0 Å². The lowest BCUT2D eigenvalue weighted by Crippen LogP contribution is -2.08. The van der Waals surface area contributed by atoms with Gasteiger partial charge >= 0.3 is 5.97 Å². The van der Waals surface area contributed by atoms with Crippen LogP contribution in [0.1, 0.15) is 12.6 Å². The van der Waals surface area contributed by atoms with Crippen LogP contribution in [0.15, 0.2) is 48.7 Å². The lowest BCUT2D eigenvalue weighted by atomic mass is 10.3. The third kappa shape index (κ3) is 4.77. The summed E-state index contributed by atoms with van der Waals surface area (Å²) < 4.78 is 25.3. The summed E-state index contributed by atoms with van der Waals surface area (Å²) in [6, 6.07) is 9.80. The van der Waals surface area contributed by atoms with Gasteiger partial charge in [0, 0.05) is 24.0 Å².